The van der Waals surface area contributed by atoms with Gasteiger partial charge in [0.05, 0.1) is 6.61 Å². The van der Waals surface area contributed by atoms with Gasteiger partial charge in [0.2, 0.25) is 0 Å². The molecule has 2 nitrogen and oxygen atoms in total. The molecule has 0 atom stereocenters. The lowest BCUT2D eigenvalue weighted by molar-refractivity contribution is 0.144. The molecular formula is C11H15FO2. The summed E-state index contributed by atoms with van der Waals surface area (Å²) in [6, 6.07) is 5.02. The third-order valence-corrected chi connectivity index (χ3v) is 1.95. The zero-order valence-corrected chi connectivity index (χ0v) is 8.55. The fourth-order valence-electron chi connectivity index (χ4n) is 1.12. The molecule has 0 unspecified atom stereocenters. The van der Waals surface area contributed by atoms with Crippen LogP contribution in [0.5, 0.6) is 5.75 Å². The fraction of sp³-hybridized carbons (Fsp3) is 0.455. The van der Waals surface area contributed by atoms with Crippen molar-refractivity contribution in [2.24, 2.45) is 0 Å². The zero-order valence-electron chi connectivity index (χ0n) is 8.55. The maximum Gasteiger partial charge on any atom is 0.165 e. The van der Waals surface area contributed by atoms with E-state index < -0.39 is 0 Å². The first-order chi connectivity index (χ1) is 6.77. The van der Waals surface area contributed by atoms with E-state index in [4.69, 9.17) is 9.47 Å². The predicted octanol–water partition coefficient (Wildman–Crippen LogP) is 2.41. The molecule has 3 heteroatoms. The van der Waals surface area contributed by atoms with Gasteiger partial charge in [-0.3, -0.25) is 0 Å². The van der Waals surface area contributed by atoms with E-state index in [1.807, 2.05) is 13.0 Å². The monoisotopic (exact) mass is 198 g/mol. The second-order valence-electron chi connectivity index (χ2n) is 2.96. The van der Waals surface area contributed by atoms with Gasteiger partial charge in [-0.15, -0.1) is 0 Å². The second-order valence-corrected chi connectivity index (χ2v) is 2.96. The summed E-state index contributed by atoms with van der Waals surface area (Å²) < 4.78 is 23.3. The predicted molar refractivity (Wildman–Crippen MR) is 53.1 cm³/mol. The van der Waals surface area contributed by atoms with Crippen molar-refractivity contribution in [1.29, 1.82) is 0 Å². The van der Waals surface area contributed by atoms with Gasteiger partial charge in [-0.05, 0) is 24.1 Å². The zero-order chi connectivity index (χ0) is 10.4. The third-order valence-electron chi connectivity index (χ3n) is 1.95. The maximum atomic E-state index is 13.3. The average molecular weight is 198 g/mol. The molecule has 1 rings (SSSR count). The summed E-state index contributed by atoms with van der Waals surface area (Å²) >= 11 is 0. The van der Waals surface area contributed by atoms with E-state index >= 15 is 0 Å². The summed E-state index contributed by atoms with van der Waals surface area (Å²) in [4.78, 5) is 0. The maximum absolute atomic E-state index is 13.3. The van der Waals surface area contributed by atoms with Gasteiger partial charge in [0.15, 0.2) is 11.6 Å². The van der Waals surface area contributed by atoms with E-state index in [2.05, 4.69) is 0 Å². The van der Waals surface area contributed by atoms with E-state index in [-0.39, 0.29) is 5.82 Å². The molecule has 1 aromatic rings. The van der Waals surface area contributed by atoms with Crippen molar-refractivity contribution in [3.05, 3.63) is 29.6 Å². The van der Waals surface area contributed by atoms with Gasteiger partial charge in [-0.25, -0.2) is 4.39 Å². The van der Waals surface area contributed by atoms with Crippen LogP contribution < -0.4 is 4.74 Å². The number of hydrogen-bond acceptors (Lipinski definition) is 2. The Balaban J connectivity index is 2.59. The number of halogens is 1. The highest BCUT2D eigenvalue weighted by Crippen LogP contribution is 2.18. The molecule has 0 aliphatic carbocycles. The summed E-state index contributed by atoms with van der Waals surface area (Å²) in [5, 5.41) is 0. The molecule has 0 saturated carbocycles. The molecule has 78 valence electrons. The van der Waals surface area contributed by atoms with Crippen LogP contribution in [0.2, 0.25) is 0 Å². The van der Waals surface area contributed by atoms with Gasteiger partial charge < -0.3 is 9.47 Å². The molecule has 0 amide bonds. The molecule has 0 aliphatic rings. The Kier molecular flexibility index (Phi) is 4.40. The highest BCUT2D eigenvalue weighted by Gasteiger charge is 2.03. The van der Waals surface area contributed by atoms with Crippen LogP contribution in [0.3, 0.4) is 0 Å². The van der Waals surface area contributed by atoms with Crippen LogP contribution in [-0.2, 0) is 11.2 Å². The molecule has 0 radical (unpaired) electrons. The number of aryl methyl sites for hydroxylation is 1. The van der Waals surface area contributed by atoms with Crippen LogP contribution in [0.4, 0.5) is 4.39 Å². The molecule has 0 aromatic heterocycles. The van der Waals surface area contributed by atoms with Crippen LogP contribution in [0.15, 0.2) is 18.2 Å². The van der Waals surface area contributed by atoms with Crippen molar-refractivity contribution in [2.45, 2.75) is 13.3 Å². The molecule has 1 aromatic carbocycles. The fourth-order valence-corrected chi connectivity index (χ4v) is 1.12. The van der Waals surface area contributed by atoms with Crippen molar-refractivity contribution >= 4 is 0 Å². The number of rotatable bonds is 5. The number of benzene rings is 1. The van der Waals surface area contributed by atoms with Gasteiger partial charge in [0, 0.05) is 7.11 Å². The van der Waals surface area contributed by atoms with Crippen LogP contribution in [-0.4, -0.2) is 20.3 Å². The highest BCUT2D eigenvalue weighted by atomic mass is 19.1. The molecule has 0 saturated heterocycles. The Morgan fingerprint density at radius 3 is 2.64 bits per heavy atom. The quantitative estimate of drug-likeness (QED) is 0.676. The summed E-state index contributed by atoms with van der Waals surface area (Å²) in [5.41, 5.74) is 0.974. The number of methoxy groups -OCH3 is 1. The first kappa shape index (κ1) is 11.0. The average Bonchev–Trinajstić information content (AvgIpc) is 2.20. The Labute approximate surface area is 83.6 Å². The van der Waals surface area contributed by atoms with E-state index in [1.54, 1.807) is 13.2 Å². The molecule has 0 bridgehead atoms. The normalized spacial score (nSPS) is 10.2. The highest BCUT2D eigenvalue weighted by molar-refractivity contribution is 5.29. The van der Waals surface area contributed by atoms with E-state index in [0.717, 1.165) is 12.0 Å². The minimum Gasteiger partial charge on any atom is -0.488 e. The molecule has 0 N–H and O–H groups in total. The first-order valence-corrected chi connectivity index (χ1v) is 4.68. The Hall–Kier alpha value is -1.09. The van der Waals surface area contributed by atoms with E-state index in [1.165, 1.54) is 6.07 Å². The van der Waals surface area contributed by atoms with Crippen molar-refractivity contribution in [1.82, 2.24) is 0 Å². The van der Waals surface area contributed by atoms with Crippen LogP contribution >= 0.6 is 0 Å². The lowest BCUT2D eigenvalue weighted by Gasteiger charge is -2.07. The first-order valence-electron chi connectivity index (χ1n) is 4.68. The number of ether oxygens (including phenoxy) is 2. The van der Waals surface area contributed by atoms with Gasteiger partial charge in [-0.1, -0.05) is 13.0 Å². The van der Waals surface area contributed by atoms with Gasteiger partial charge >= 0.3 is 0 Å². The van der Waals surface area contributed by atoms with Crippen molar-refractivity contribution < 1.29 is 13.9 Å². The smallest absolute Gasteiger partial charge is 0.165 e. The van der Waals surface area contributed by atoms with Crippen molar-refractivity contribution in [3.63, 3.8) is 0 Å². The molecule has 0 fully saturated rings. The lowest BCUT2D eigenvalue weighted by atomic mass is 10.1. The number of hydrogen-bond donors (Lipinski definition) is 0. The standard InChI is InChI=1S/C11H15FO2/c1-3-9-4-5-11(10(12)8-9)14-7-6-13-2/h4-5,8H,3,6-7H2,1-2H3. The van der Waals surface area contributed by atoms with Gasteiger partial charge in [-0.2, -0.15) is 0 Å². The topological polar surface area (TPSA) is 18.5 Å². The lowest BCUT2D eigenvalue weighted by Crippen LogP contribution is -2.05. The van der Waals surface area contributed by atoms with E-state index in [0.29, 0.717) is 19.0 Å². The van der Waals surface area contributed by atoms with Gasteiger partial charge in [0.25, 0.3) is 0 Å². The molecule has 0 heterocycles. The second kappa shape index (κ2) is 5.60. The minimum atomic E-state index is -0.305. The summed E-state index contributed by atoms with van der Waals surface area (Å²) in [6.45, 7) is 2.83. The van der Waals surface area contributed by atoms with Crippen LogP contribution in [0.25, 0.3) is 0 Å². The summed E-state index contributed by atoms with van der Waals surface area (Å²) in [7, 11) is 1.58. The third kappa shape index (κ3) is 3.00. The van der Waals surface area contributed by atoms with E-state index in [9.17, 15) is 4.39 Å². The Morgan fingerprint density at radius 1 is 1.29 bits per heavy atom. The SMILES string of the molecule is CCc1ccc(OCCOC)c(F)c1. The molecule has 0 aliphatic heterocycles. The van der Waals surface area contributed by atoms with Crippen LogP contribution in [0, 0.1) is 5.82 Å². The Morgan fingerprint density at radius 2 is 2.07 bits per heavy atom. The minimum absolute atomic E-state index is 0.291. The van der Waals surface area contributed by atoms with Crippen LogP contribution in [0.1, 0.15) is 12.5 Å². The molecule has 0 spiro atoms. The molecular weight excluding hydrogens is 183 g/mol. The summed E-state index contributed by atoms with van der Waals surface area (Å²) in [5.74, 6) is -0.0142. The largest absolute Gasteiger partial charge is 0.488 e. The molecule has 14 heavy (non-hydrogen) atoms. The summed E-state index contributed by atoms with van der Waals surface area (Å²) in [6.07, 6.45) is 0.829. The van der Waals surface area contributed by atoms with Crippen molar-refractivity contribution in [2.75, 3.05) is 20.3 Å². The Bertz CT molecular complexity index is 287. The van der Waals surface area contributed by atoms with Crippen molar-refractivity contribution in [3.8, 4) is 5.75 Å². The van der Waals surface area contributed by atoms with Gasteiger partial charge in [0.1, 0.15) is 6.61 Å².